The molecule has 4 atom stereocenters. The third kappa shape index (κ3) is 25.0. The number of ether oxygens (including phenoxy) is 4. The van der Waals surface area contributed by atoms with Gasteiger partial charge in [0.1, 0.15) is 24.4 Å². The Morgan fingerprint density at radius 1 is 0.508 bits per heavy atom. The molecule has 2 aliphatic heterocycles. The largest absolute Gasteiger partial charge is 2.00 e. The summed E-state index contributed by atoms with van der Waals surface area (Å²) in [6.45, 7) is 3.00. The molecule has 0 saturated heterocycles. The monoisotopic (exact) mass is 882 g/mol. The Morgan fingerprint density at radius 3 is 0.983 bits per heavy atom. The van der Waals surface area contributed by atoms with Crippen molar-refractivity contribution in [2.75, 3.05) is 13.2 Å². The number of rotatable bonds is 34. The number of aliphatic hydroxyl groups excluding tert-OH is 4. The van der Waals surface area contributed by atoms with Gasteiger partial charge in [-0.3, -0.25) is 9.59 Å². The number of esters is 4. The normalized spacial score (nSPS) is 17.2. The van der Waals surface area contributed by atoms with E-state index in [2.05, 4.69) is 23.3 Å². The number of carbonyl (C=O) groups is 4. The molecule has 2 heterocycles. The fourth-order valence-corrected chi connectivity index (χ4v) is 6.69. The molecule has 0 aromatic heterocycles. The van der Waals surface area contributed by atoms with Crippen molar-refractivity contribution in [1.29, 1.82) is 0 Å². The van der Waals surface area contributed by atoms with Crippen molar-refractivity contribution in [3.8, 4) is 0 Å². The van der Waals surface area contributed by atoms with Crippen molar-refractivity contribution >= 4 is 23.9 Å². The van der Waals surface area contributed by atoms with Gasteiger partial charge in [0.25, 0.3) is 0 Å². The van der Waals surface area contributed by atoms with Crippen molar-refractivity contribution in [1.82, 2.24) is 0 Å². The summed E-state index contributed by atoms with van der Waals surface area (Å²) in [5, 5.41) is 60.4. The summed E-state index contributed by atoms with van der Waals surface area (Å²) in [5.74, 6) is -6.70. The maximum Gasteiger partial charge on any atom is 2.00 e. The quantitative estimate of drug-likeness (QED) is 0.0262. The summed E-state index contributed by atoms with van der Waals surface area (Å²) >= 11 is 0. The van der Waals surface area contributed by atoms with Crippen LogP contribution in [0, 0.1) is 0 Å². The van der Waals surface area contributed by atoms with Crippen molar-refractivity contribution in [3.05, 3.63) is 23.0 Å². The standard InChI is InChI=1S/2C22H38O7.Fe/c2*1-2-3-4-5-6-7-8-9-10-11-12-13-14-15-18(25)28-21-19(26)20(17(24)16-23)29-22(21)27;/h2*17,20,23-24,26H,2-16H2,1H3;/q;;+2/p-2/t2*17-,20+;/m00./s1. The van der Waals surface area contributed by atoms with Crippen molar-refractivity contribution in [2.45, 2.75) is 218 Å². The van der Waals surface area contributed by atoms with Crippen LogP contribution in [-0.2, 0) is 55.2 Å². The molecular weight excluding hydrogens is 808 g/mol. The van der Waals surface area contributed by atoms with E-state index >= 15 is 0 Å². The summed E-state index contributed by atoms with van der Waals surface area (Å²) in [7, 11) is 0. The van der Waals surface area contributed by atoms with Crippen LogP contribution in [0.25, 0.3) is 0 Å². The second-order valence-corrected chi connectivity index (χ2v) is 15.5. The van der Waals surface area contributed by atoms with Crippen molar-refractivity contribution < 1.29 is 85.8 Å². The number of unbranched alkanes of at least 4 members (excludes halogenated alkanes) is 24. The fourth-order valence-electron chi connectivity index (χ4n) is 6.69. The molecule has 2 rings (SSSR count). The molecule has 14 nitrogen and oxygen atoms in total. The summed E-state index contributed by atoms with van der Waals surface area (Å²) < 4.78 is 19.0. The second-order valence-electron chi connectivity index (χ2n) is 15.5. The molecule has 4 N–H and O–H groups in total. The molecule has 59 heavy (non-hydrogen) atoms. The van der Waals surface area contributed by atoms with Crippen LogP contribution in [0.4, 0.5) is 0 Å². The van der Waals surface area contributed by atoms with E-state index in [1.54, 1.807) is 0 Å². The Balaban J connectivity index is 0.00000112. The molecule has 0 fully saturated rings. The molecule has 0 unspecified atom stereocenters. The van der Waals surface area contributed by atoms with Crippen LogP contribution in [0.1, 0.15) is 194 Å². The van der Waals surface area contributed by atoms with Crippen LogP contribution in [0.3, 0.4) is 0 Å². The zero-order valence-electron chi connectivity index (χ0n) is 35.7. The van der Waals surface area contributed by atoms with Crippen LogP contribution in [0.15, 0.2) is 23.0 Å². The van der Waals surface area contributed by atoms with E-state index < -0.39 is 84.5 Å². The zero-order valence-corrected chi connectivity index (χ0v) is 36.9. The minimum atomic E-state index is -1.52. The molecule has 342 valence electrons. The number of carbonyl (C=O) groups excluding carboxylic acids is 4. The van der Waals surface area contributed by atoms with Crippen LogP contribution >= 0.6 is 0 Å². The SMILES string of the molecule is CCCCCCCCCCCCCCCC(=O)OC1=C([O-])[C@@H]([C@@H](O)CO)OC1=O.CCCCCCCCCCCCCCCC(=O)OC1=C([O-])[C@@H]([C@@H](O)CO)OC1=O.[Fe+2]. The average molecular weight is 883 g/mol. The minimum Gasteiger partial charge on any atom is -0.870 e. The summed E-state index contributed by atoms with van der Waals surface area (Å²) in [5.41, 5.74) is 0. The van der Waals surface area contributed by atoms with Crippen LogP contribution in [-0.4, -0.2) is 81.9 Å². The minimum absolute atomic E-state index is 0. The summed E-state index contributed by atoms with van der Waals surface area (Å²) in [6, 6.07) is 0. The number of aliphatic hydroxyl groups is 4. The molecule has 0 amide bonds. The van der Waals surface area contributed by atoms with Gasteiger partial charge in [-0.25, -0.2) is 9.59 Å². The van der Waals surface area contributed by atoms with E-state index in [1.165, 1.54) is 116 Å². The van der Waals surface area contributed by atoms with Gasteiger partial charge >= 0.3 is 40.9 Å². The first kappa shape index (κ1) is 56.3. The number of cyclic esters (lactones) is 2. The Labute approximate surface area is 363 Å². The van der Waals surface area contributed by atoms with E-state index in [-0.39, 0.29) is 29.9 Å². The summed E-state index contributed by atoms with van der Waals surface area (Å²) in [4.78, 5) is 46.8. The van der Waals surface area contributed by atoms with Crippen molar-refractivity contribution in [3.63, 3.8) is 0 Å². The van der Waals surface area contributed by atoms with E-state index in [4.69, 9.17) is 19.7 Å². The Kier molecular flexibility index (Phi) is 34.4. The van der Waals surface area contributed by atoms with Gasteiger partial charge in [0.15, 0.2) is 0 Å². The fraction of sp³-hybridized carbons (Fsp3) is 0.818. The van der Waals surface area contributed by atoms with Gasteiger partial charge in [0.05, 0.1) is 13.2 Å². The molecule has 0 saturated carbocycles. The van der Waals surface area contributed by atoms with E-state index in [0.29, 0.717) is 12.8 Å². The molecular formula is C44H74FeO14. The predicted molar refractivity (Wildman–Crippen MR) is 213 cm³/mol. The molecule has 15 heteroatoms. The topological polar surface area (TPSA) is 232 Å². The first-order valence-electron chi connectivity index (χ1n) is 22.3. The zero-order chi connectivity index (χ0) is 43.0. The maximum atomic E-state index is 11.9. The van der Waals surface area contributed by atoms with Gasteiger partial charge in [0.2, 0.25) is 11.5 Å². The van der Waals surface area contributed by atoms with Gasteiger partial charge in [-0.15, -0.1) is 0 Å². The Hall–Kier alpha value is -2.68. The molecule has 0 radical (unpaired) electrons. The Bertz CT molecular complexity index is 1130. The van der Waals surface area contributed by atoms with Crippen LogP contribution < -0.4 is 10.2 Å². The average Bonchev–Trinajstić information content (AvgIpc) is 3.66. The summed E-state index contributed by atoms with van der Waals surface area (Å²) in [6.07, 6.45) is 25.2. The smallest absolute Gasteiger partial charge is 0.870 e. The van der Waals surface area contributed by atoms with Gasteiger partial charge in [-0.2, -0.15) is 0 Å². The van der Waals surface area contributed by atoms with Crippen LogP contribution in [0.2, 0.25) is 0 Å². The third-order valence-corrected chi connectivity index (χ3v) is 10.3. The molecule has 0 spiro atoms. The molecule has 2 aliphatic rings. The van der Waals surface area contributed by atoms with Gasteiger partial charge in [0, 0.05) is 12.8 Å². The molecule has 0 bridgehead atoms. The van der Waals surface area contributed by atoms with Gasteiger partial charge in [-0.05, 0) is 24.4 Å². The van der Waals surface area contributed by atoms with Gasteiger partial charge < -0.3 is 49.6 Å². The van der Waals surface area contributed by atoms with E-state index in [1.807, 2.05) is 0 Å². The first-order chi connectivity index (χ1) is 28.0. The first-order valence-corrected chi connectivity index (χ1v) is 22.3. The van der Waals surface area contributed by atoms with Crippen molar-refractivity contribution in [2.24, 2.45) is 0 Å². The molecule has 0 aromatic rings. The maximum absolute atomic E-state index is 11.9. The second kappa shape index (κ2) is 36.0. The van der Waals surface area contributed by atoms with E-state index in [9.17, 15) is 39.6 Å². The third-order valence-electron chi connectivity index (χ3n) is 10.3. The number of hydrogen-bond donors (Lipinski definition) is 4. The van der Waals surface area contributed by atoms with Crippen LogP contribution in [0.5, 0.6) is 0 Å². The van der Waals surface area contributed by atoms with Gasteiger partial charge in [-0.1, -0.05) is 168 Å². The van der Waals surface area contributed by atoms with E-state index in [0.717, 1.165) is 38.5 Å². The molecule has 0 aromatic carbocycles. The molecule has 0 aliphatic carbocycles. The number of hydrogen-bond acceptors (Lipinski definition) is 14. The Morgan fingerprint density at radius 2 is 0.746 bits per heavy atom. The predicted octanol–water partition coefficient (Wildman–Crippen LogP) is 5.72.